The van der Waals surface area contributed by atoms with Gasteiger partial charge in [-0.05, 0) is 11.8 Å². The molecule has 0 saturated carbocycles. The van der Waals surface area contributed by atoms with Crippen molar-refractivity contribution in [1.82, 2.24) is 0 Å². The summed E-state index contributed by atoms with van der Waals surface area (Å²) in [7, 11) is 0. The standard InChI is InChI=1S/C11H20O4/c1-5-10(14)15-9(8(13)7-12)6-11(2,3)4/h5,8-9,12-13H,1,6-7H2,2-4H3. The van der Waals surface area contributed by atoms with Crippen LogP contribution in [0.2, 0.25) is 0 Å². The first-order valence-electron chi connectivity index (χ1n) is 4.92. The van der Waals surface area contributed by atoms with Gasteiger partial charge in [-0.15, -0.1) is 0 Å². The maximum absolute atomic E-state index is 11.0. The molecule has 2 N–H and O–H groups in total. The Labute approximate surface area is 90.6 Å². The Balaban J connectivity index is 4.44. The van der Waals surface area contributed by atoms with Crippen LogP contribution in [0.25, 0.3) is 0 Å². The van der Waals surface area contributed by atoms with Crippen LogP contribution in [0.1, 0.15) is 27.2 Å². The molecule has 15 heavy (non-hydrogen) atoms. The molecule has 0 spiro atoms. The first-order valence-corrected chi connectivity index (χ1v) is 4.92. The molecule has 88 valence electrons. The molecule has 4 nitrogen and oxygen atoms in total. The Morgan fingerprint density at radius 2 is 2.07 bits per heavy atom. The van der Waals surface area contributed by atoms with Crippen LogP contribution in [-0.2, 0) is 9.53 Å². The molecule has 0 aromatic heterocycles. The summed E-state index contributed by atoms with van der Waals surface area (Å²) in [6.07, 6.45) is -0.220. The van der Waals surface area contributed by atoms with E-state index in [0.717, 1.165) is 6.08 Å². The van der Waals surface area contributed by atoms with Gasteiger partial charge in [0.2, 0.25) is 0 Å². The molecule has 2 unspecified atom stereocenters. The van der Waals surface area contributed by atoms with Gasteiger partial charge in [-0.25, -0.2) is 4.79 Å². The van der Waals surface area contributed by atoms with Crippen molar-refractivity contribution in [2.24, 2.45) is 5.41 Å². The maximum atomic E-state index is 11.0. The van der Waals surface area contributed by atoms with Crippen molar-refractivity contribution >= 4 is 5.97 Å². The Morgan fingerprint density at radius 3 is 2.40 bits per heavy atom. The van der Waals surface area contributed by atoms with Gasteiger partial charge in [-0.3, -0.25) is 0 Å². The van der Waals surface area contributed by atoms with Crippen molar-refractivity contribution in [1.29, 1.82) is 0 Å². The number of hydrogen-bond donors (Lipinski definition) is 2. The van der Waals surface area contributed by atoms with E-state index in [9.17, 15) is 9.90 Å². The SMILES string of the molecule is C=CC(=O)OC(CC(C)(C)C)C(O)CO. The van der Waals surface area contributed by atoms with E-state index in [-0.39, 0.29) is 5.41 Å². The van der Waals surface area contributed by atoms with Gasteiger partial charge in [-0.2, -0.15) is 0 Å². The van der Waals surface area contributed by atoms with Crippen LogP contribution >= 0.6 is 0 Å². The van der Waals surface area contributed by atoms with E-state index in [4.69, 9.17) is 9.84 Å². The first kappa shape index (κ1) is 14.1. The van der Waals surface area contributed by atoms with Crippen LogP contribution in [-0.4, -0.2) is 35.0 Å². The lowest BCUT2D eigenvalue weighted by molar-refractivity contribution is -0.152. The monoisotopic (exact) mass is 216 g/mol. The lowest BCUT2D eigenvalue weighted by Crippen LogP contribution is -2.36. The summed E-state index contributed by atoms with van der Waals surface area (Å²) in [5.74, 6) is -0.586. The number of aliphatic hydroxyl groups is 2. The van der Waals surface area contributed by atoms with Gasteiger partial charge >= 0.3 is 5.97 Å². The minimum absolute atomic E-state index is 0.0950. The van der Waals surface area contributed by atoms with Crippen LogP contribution in [0.5, 0.6) is 0 Å². The Kier molecular flexibility index (Phi) is 5.54. The van der Waals surface area contributed by atoms with Crippen molar-refractivity contribution < 1.29 is 19.7 Å². The number of rotatable bonds is 5. The van der Waals surface area contributed by atoms with Crippen LogP contribution in [0.15, 0.2) is 12.7 Å². The molecule has 0 fully saturated rings. The number of hydrogen-bond acceptors (Lipinski definition) is 4. The zero-order valence-corrected chi connectivity index (χ0v) is 9.56. The van der Waals surface area contributed by atoms with E-state index in [1.165, 1.54) is 0 Å². The summed E-state index contributed by atoms with van der Waals surface area (Å²) < 4.78 is 4.96. The molecule has 0 bridgehead atoms. The largest absolute Gasteiger partial charge is 0.456 e. The lowest BCUT2D eigenvalue weighted by Gasteiger charge is -2.28. The second kappa shape index (κ2) is 5.88. The highest BCUT2D eigenvalue weighted by molar-refractivity contribution is 5.81. The van der Waals surface area contributed by atoms with Crippen LogP contribution < -0.4 is 0 Å². The second-order valence-corrected chi connectivity index (χ2v) is 4.69. The highest BCUT2D eigenvalue weighted by Gasteiger charge is 2.27. The normalized spacial score (nSPS) is 15.5. The van der Waals surface area contributed by atoms with E-state index in [0.29, 0.717) is 6.42 Å². The number of esters is 1. The van der Waals surface area contributed by atoms with Crippen LogP contribution in [0.3, 0.4) is 0 Å². The average Bonchev–Trinajstić information content (AvgIpc) is 2.13. The van der Waals surface area contributed by atoms with E-state index >= 15 is 0 Å². The summed E-state index contributed by atoms with van der Waals surface area (Å²) in [6, 6.07) is 0. The molecule has 0 saturated heterocycles. The number of carbonyl (C=O) groups is 1. The molecule has 0 amide bonds. The zero-order valence-electron chi connectivity index (χ0n) is 9.56. The third kappa shape index (κ3) is 6.25. The molecule has 0 heterocycles. The first-order chi connectivity index (χ1) is 6.80. The van der Waals surface area contributed by atoms with Crippen molar-refractivity contribution in [3.8, 4) is 0 Å². The van der Waals surface area contributed by atoms with Crippen LogP contribution in [0.4, 0.5) is 0 Å². The van der Waals surface area contributed by atoms with Gasteiger partial charge < -0.3 is 14.9 Å². The van der Waals surface area contributed by atoms with E-state index in [1.807, 2.05) is 20.8 Å². The minimum atomic E-state index is -1.05. The summed E-state index contributed by atoms with van der Waals surface area (Å²) in [4.78, 5) is 11.0. The molecule has 2 atom stereocenters. The minimum Gasteiger partial charge on any atom is -0.456 e. The van der Waals surface area contributed by atoms with Crippen LogP contribution in [0, 0.1) is 5.41 Å². The van der Waals surface area contributed by atoms with E-state index in [1.54, 1.807) is 0 Å². The summed E-state index contributed by atoms with van der Waals surface area (Å²) in [5, 5.41) is 18.3. The molecule has 4 heteroatoms. The third-order valence-electron chi connectivity index (χ3n) is 1.86. The van der Waals surface area contributed by atoms with Gasteiger partial charge in [0.05, 0.1) is 6.61 Å². The third-order valence-corrected chi connectivity index (χ3v) is 1.86. The Hall–Kier alpha value is -0.870. The summed E-state index contributed by atoms with van der Waals surface area (Å²) in [6.45, 7) is 8.74. The molecular formula is C11H20O4. The summed E-state index contributed by atoms with van der Waals surface area (Å²) >= 11 is 0. The molecule has 0 aliphatic rings. The quantitative estimate of drug-likeness (QED) is 0.528. The van der Waals surface area contributed by atoms with Gasteiger partial charge in [0.1, 0.15) is 12.2 Å². The molecule has 0 aliphatic carbocycles. The second-order valence-electron chi connectivity index (χ2n) is 4.69. The fourth-order valence-corrected chi connectivity index (χ4v) is 1.17. The summed E-state index contributed by atoms with van der Waals surface area (Å²) in [5.41, 5.74) is -0.0950. The fraction of sp³-hybridized carbons (Fsp3) is 0.727. The average molecular weight is 216 g/mol. The highest BCUT2D eigenvalue weighted by Crippen LogP contribution is 2.24. The van der Waals surface area contributed by atoms with Gasteiger partial charge in [0.15, 0.2) is 0 Å². The molecule has 0 rings (SSSR count). The van der Waals surface area contributed by atoms with Crippen molar-refractivity contribution in [2.75, 3.05) is 6.61 Å². The smallest absolute Gasteiger partial charge is 0.330 e. The highest BCUT2D eigenvalue weighted by atomic mass is 16.6. The number of aliphatic hydroxyl groups excluding tert-OH is 2. The van der Waals surface area contributed by atoms with Gasteiger partial charge in [0, 0.05) is 6.08 Å². The van der Waals surface area contributed by atoms with Gasteiger partial charge in [0.25, 0.3) is 0 Å². The molecule has 0 aliphatic heterocycles. The molecule has 0 aromatic carbocycles. The molecular weight excluding hydrogens is 196 g/mol. The predicted octanol–water partition coefficient (Wildman–Crippen LogP) is 0.874. The van der Waals surface area contributed by atoms with Crippen molar-refractivity contribution in [2.45, 2.75) is 39.4 Å². The van der Waals surface area contributed by atoms with Crippen molar-refractivity contribution in [3.05, 3.63) is 12.7 Å². The van der Waals surface area contributed by atoms with E-state index < -0.39 is 24.8 Å². The number of ether oxygens (including phenoxy) is 1. The topological polar surface area (TPSA) is 66.8 Å². The zero-order chi connectivity index (χ0) is 12.1. The maximum Gasteiger partial charge on any atom is 0.330 e. The predicted molar refractivity (Wildman–Crippen MR) is 57.2 cm³/mol. The van der Waals surface area contributed by atoms with Crippen molar-refractivity contribution in [3.63, 3.8) is 0 Å². The van der Waals surface area contributed by atoms with E-state index in [2.05, 4.69) is 6.58 Å². The fourth-order valence-electron chi connectivity index (χ4n) is 1.17. The number of carbonyl (C=O) groups excluding carboxylic acids is 1. The molecule has 0 radical (unpaired) electrons. The molecule has 0 aromatic rings. The Bertz CT molecular complexity index is 217. The Morgan fingerprint density at radius 1 is 1.53 bits per heavy atom. The lowest BCUT2D eigenvalue weighted by atomic mass is 9.87. The van der Waals surface area contributed by atoms with Gasteiger partial charge in [-0.1, -0.05) is 27.4 Å².